The minimum Gasteiger partial charge on any atom is -0.395 e. The van der Waals surface area contributed by atoms with Crippen molar-refractivity contribution in [3.8, 4) is 0 Å². The van der Waals surface area contributed by atoms with Crippen LogP contribution in [-0.4, -0.2) is 75.9 Å². The number of hydrogen-bond donors (Lipinski definition) is 1. The SMILES string of the molecule is COCCOCCOCCN(CCO)C1CCCCC1. The number of aliphatic hydroxyl groups excluding tert-OH is 1. The van der Waals surface area contributed by atoms with Crippen LogP contribution in [0.5, 0.6) is 0 Å². The molecule has 0 aliphatic heterocycles. The molecule has 1 N–H and O–H groups in total. The molecule has 1 aliphatic carbocycles. The van der Waals surface area contributed by atoms with E-state index in [-0.39, 0.29) is 6.61 Å². The highest BCUT2D eigenvalue weighted by molar-refractivity contribution is 4.75. The number of methoxy groups -OCH3 is 1. The molecule has 20 heavy (non-hydrogen) atoms. The molecule has 0 spiro atoms. The molecule has 0 radical (unpaired) electrons. The number of nitrogens with zero attached hydrogens (tertiary/aromatic N) is 1. The second kappa shape index (κ2) is 12.5. The van der Waals surface area contributed by atoms with Crippen LogP contribution in [0.3, 0.4) is 0 Å². The molecule has 0 saturated heterocycles. The molecule has 1 rings (SSSR count). The second-order valence-corrected chi connectivity index (χ2v) is 5.27. The number of rotatable bonds is 12. The summed E-state index contributed by atoms with van der Waals surface area (Å²) < 4.78 is 15.8. The molecular formula is C15H31NO4. The topological polar surface area (TPSA) is 51.2 Å². The molecule has 0 aromatic carbocycles. The van der Waals surface area contributed by atoms with E-state index >= 15 is 0 Å². The first kappa shape index (κ1) is 17.9. The third-order valence-corrected chi connectivity index (χ3v) is 3.80. The van der Waals surface area contributed by atoms with Gasteiger partial charge in [-0.3, -0.25) is 4.90 Å². The molecule has 5 heteroatoms. The van der Waals surface area contributed by atoms with Crippen LogP contribution in [0.15, 0.2) is 0 Å². The van der Waals surface area contributed by atoms with Gasteiger partial charge in [-0.2, -0.15) is 0 Å². The lowest BCUT2D eigenvalue weighted by Crippen LogP contribution is -2.40. The van der Waals surface area contributed by atoms with E-state index in [1.54, 1.807) is 7.11 Å². The lowest BCUT2D eigenvalue weighted by molar-refractivity contribution is 0.0130. The van der Waals surface area contributed by atoms with Crippen LogP contribution in [0.4, 0.5) is 0 Å². The summed E-state index contributed by atoms with van der Waals surface area (Å²) in [5, 5.41) is 9.18. The standard InChI is InChI=1S/C15H31NO4/c1-18-11-12-20-14-13-19-10-8-16(7-9-17)15-5-3-2-4-6-15/h15,17H,2-14H2,1H3. The molecule has 120 valence electrons. The normalized spacial score (nSPS) is 16.9. The van der Waals surface area contributed by atoms with E-state index in [0.717, 1.165) is 13.1 Å². The molecule has 1 saturated carbocycles. The predicted octanol–water partition coefficient (Wildman–Crippen LogP) is 1.29. The lowest BCUT2D eigenvalue weighted by atomic mass is 9.94. The Labute approximate surface area is 123 Å². The van der Waals surface area contributed by atoms with Gasteiger partial charge in [-0.05, 0) is 12.8 Å². The second-order valence-electron chi connectivity index (χ2n) is 5.27. The van der Waals surface area contributed by atoms with Gasteiger partial charge in [0.1, 0.15) is 0 Å². The molecule has 0 unspecified atom stereocenters. The van der Waals surface area contributed by atoms with E-state index in [1.807, 2.05) is 0 Å². The first-order valence-electron chi connectivity index (χ1n) is 7.88. The Morgan fingerprint density at radius 2 is 1.55 bits per heavy atom. The van der Waals surface area contributed by atoms with Gasteiger partial charge >= 0.3 is 0 Å². The third kappa shape index (κ3) is 8.17. The van der Waals surface area contributed by atoms with Gasteiger partial charge in [0.25, 0.3) is 0 Å². The molecule has 0 heterocycles. The van der Waals surface area contributed by atoms with Crippen molar-refractivity contribution in [2.75, 3.05) is 59.8 Å². The number of ether oxygens (including phenoxy) is 3. The van der Waals surface area contributed by atoms with E-state index in [2.05, 4.69) is 4.90 Å². The highest BCUT2D eigenvalue weighted by Gasteiger charge is 2.20. The van der Waals surface area contributed by atoms with Gasteiger partial charge in [-0.25, -0.2) is 0 Å². The van der Waals surface area contributed by atoms with Crippen LogP contribution in [-0.2, 0) is 14.2 Å². The minimum atomic E-state index is 0.233. The Hall–Kier alpha value is -0.200. The number of hydrogen-bond acceptors (Lipinski definition) is 5. The van der Waals surface area contributed by atoms with Gasteiger partial charge in [0.05, 0.1) is 39.6 Å². The average Bonchev–Trinajstić information content (AvgIpc) is 2.50. The summed E-state index contributed by atoms with van der Waals surface area (Å²) in [6.45, 7) is 5.11. The summed E-state index contributed by atoms with van der Waals surface area (Å²) in [5.74, 6) is 0. The van der Waals surface area contributed by atoms with Gasteiger partial charge < -0.3 is 19.3 Å². The Bertz CT molecular complexity index is 210. The molecule has 0 atom stereocenters. The Morgan fingerprint density at radius 3 is 2.20 bits per heavy atom. The van der Waals surface area contributed by atoms with Gasteiger partial charge in [0.2, 0.25) is 0 Å². The predicted molar refractivity (Wildman–Crippen MR) is 79.0 cm³/mol. The molecule has 5 nitrogen and oxygen atoms in total. The zero-order valence-electron chi connectivity index (χ0n) is 12.9. The van der Waals surface area contributed by atoms with Gasteiger partial charge in [-0.1, -0.05) is 19.3 Å². The first-order valence-corrected chi connectivity index (χ1v) is 7.88. The fourth-order valence-electron chi connectivity index (χ4n) is 2.70. The van der Waals surface area contributed by atoms with Crippen molar-refractivity contribution < 1.29 is 19.3 Å². The molecule has 1 fully saturated rings. The summed E-state index contributed by atoms with van der Waals surface area (Å²) >= 11 is 0. The van der Waals surface area contributed by atoms with E-state index < -0.39 is 0 Å². The molecule has 0 amide bonds. The molecule has 0 aromatic rings. The molecule has 0 bridgehead atoms. The molecule has 0 aromatic heterocycles. The Morgan fingerprint density at radius 1 is 0.900 bits per heavy atom. The maximum atomic E-state index is 9.18. The summed E-state index contributed by atoms with van der Waals surface area (Å²) in [6.07, 6.45) is 6.53. The summed E-state index contributed by atoms with van der Waals surface area (Å²) in [6, 6.07) is 0.637. The van der Waals surface area contributed by atoms with Crippen LogP contribution >= 0.6 is 0 Å². The van der Waals surface area contributed by atoms with Crippen molar-refractivity contribution in [2.45, 2.75) is 38.1 Å². The van der Waals surface area contributed by atoms with Crippen molar-refractivity contribution >= 4 is 0 Å². The van der Waals surface area contributed by atoms with Gasteiger partial charge in [-0.15, -0.1) is 0 Å². The first-order chi connectivity index (χ1) is 9.88. The van der Waals surface area contributed by atoms with Crippen LogP contribution in [0, 0.1) is 0 Å². The summed E-state index contributed by atoms with van der Waals surface area (Å²) in [7, 11) is 1.67. The molecular weight excluding hydrogens is 258 g/mol. The fourth-order valence-corrected chi connectivity index (χ4v) is 2.70. The smallest absolute Gasteiger partial charge is 0.0701 e. The maximum Gasteiger partial charge on any atom is 0.0701 e. The van der Waals surface area contributed by atoms with Crippen molar-refractivity contribution in [1.29, 1.82) is 0 Å². The van der Waals surface area contributed by atoms with Crippen molar-refractivity contribution in [3.63, 3.8) is 0 Å². The lowest BCUT2D eigenvalue weighted by Gasteiger charge is -2.33. The number of aliphatic hydroxyl groups is 1. The Kier molecular flexibility index (Phi) is 11.2. The minimum absolute atomic E-state index is 0.233. The van der Waals surface area contributed by atoms with Crippen molar-refractivity contribution in [3.05, 3.63) is 0 Å². The maximum absolute atomic E-state index is 9.18. The summed E-state index contributed by atoms with van der Waals surface area (Å²) in [5.41, 5.74) is 0. The van der Waals surface area contributed by atoms with Gasteiger partial charge in [0.15, 0.2) is 0 Å². The van der Waals surface area contributed by atoms with Gasteiger partial charge in [0, 0.05) is 26.2 Å². The quantitative estimate of drug-likeness (QED) is 0.549. The molecule has 1 aliphatic rings. The van der Waals surface area contributed by atoms with Crippen LogP contribution in [0.1, 0.15) is 32.1 Å². The van der Waals surface area contributed by atoms with E-state index in [0.29, 0.717) is 39.1 Å². The zero-order chi connectivity index (χ0) is 14.5. The van der Waals surface area contributed by atoms with E-state index in [1.165, 1.54) is 32.1 Å². The monoisotopic (exact) mass is 289 g/mol. The van der Waals surface area contributed by atoms with E-state index in [9.17, 15) is 5.11 Å². The van der Waals surface area contributed by atoms with Crippen LogP contribution < -0.4 is 0 Å². The van der Waals surface area contributed by atoms with Crippen molar-refractivity contribution in [2.24, 2.45) is 0 Å². The largest absolute Gasteiger partial charge is 0.395 e. The Balaban J connectivity index is 2.03. The van der Waals surface area contributed by atoms with Crippen LogP contribution in [0.25, 0.3) is 0 Å². The van der Waals surface area contributed by atoms with Crippen molar-refractivity contribution in [1.82, 2.24) is 4.90 Å². The van der Waals surface area contributed by atoms with E-state index in [4.69, 9.17) is 14.2 Å². The summed E-state index contributed by atoms with van der Waals surface area (Å²) in [4.78, 5) is 2.38. The average molecular weight is 289 g/mol. The zero-order valence-corrected chi connectivity index (χ0v) is 12.9. The van der Waals surface area contributed by atoms with Crippen LogP contribution in [0.2, 0.25) is 0 Å². The third-order valence-electron chi connectivity index (χ3n) is 3.80. The fraction of sp³-hybridized carbons (Fsp3) is 1.00. The highest BCUT2D eigenvalue weighted by Crippen LogP contribution is 2.22. The highest BCUT2D eigenvalue weighted by atomic mass is 16.5.